The standard InChI is InChI=1S/C59H94N4O2/c1-14-50-32-36-54-55-37-33-51(31-34-52-49-53(64-45-43-62(12,19-6)20-7)35-38-58(52)65-46-44-63(13,21-8)22-9)48-57(55)59(56(54)47-50,39-27-23-25-29-41-60(10,15-2)16-3)40-28-24-26-30-42-61(11,17-4)18-5/h1,32-33,35-38,47-49H,15-30,39-46H2,2-13H3/q+4. The molecule has 0 saturated heterocycles. The zero-order valence-electron chi connectivity index (χ0n) is 43.8. The van der Waals surface area contributed by atoms with E-state index in [1.165, 1.54) is 113 Å². The minimum Gasteiger partial charge on any atom is -0.488 e. The molecule has 1 aliphatic rings. The second kappa shape index (κ2) is 25.4. The summed E-state index contributed by atoms with van der Waals surface area (Å²) in [6, 6.07) is 20.0. The van der Waals surface area contributed by atoms with Crippen LogP contribution in [0.25, 0.3) is 11.1 Å². The van der Waals surface area contributed by atoms with E-state index in [9.17, 15) is 0 Å². The van der Waals surface area contributed by atoms with Gasteiger partial charge in [0.2, 0.25) is 0 Å². The Morgan fingerprint density at radius 3 is 1.37 bits per heavy atom. The van der Waals surface area contributed by atoms with E-state index in [2.05, 4.69) is 156 Å². The van der Waals surface area contributed by atoms with Gasteiger partial charge in [-0.05, 0) is 159 Å². The molecule has 0 aromatic heterocycles. The molecule has 0 aliphatic heterocycles. The second-order valence-electron chi connectivity index (χ2n) is 20.6. The summed E-state index contributed by atoms with van der Waals surface area (Å²) >= 11 is 0. The molecule has 0 bridgehead atoms. The first-order valence-corrected chi connectivity index (χ1v) is 26.2. The topological polar surface area (TPSA) is 18.5 Å². The van der Waals surface area contributed by atoms with E-state index in [-0.39, 0.29) is 5.41 Å². The van der Waals surface area contributed by atoms with E-state index in [1.54, 1.807) is 0 Å². The van der Waals surface area contributed by atoms with Crippen LogP contribution >= 0.6 is 0 Å². The van der Waals surface area contributed by atoms with E-state index in [0.717, 1.165) is 98.2 Å². The molecule has 6 nitrogen and oxygen atoms in total. The van der Waals surface area contributed by atoms with Crippen molar-refractivity contribution in [1.29, 1.82) is 0 Å². The Bertz CT molecular complexity index is 1990. The van der Waals surface area contributed by atoms with Gasteiger partial charge in [-0.15, -0.1) is 6.42 Å². The first-order valence-electron chi connectivity index (χ1n) is 26.2. The van der Waals surface area contributed by atoms with Gasteiger partial charge in [0.05, 0.1) is 99.2 Å². The van der Waals surface area contributed by atoms with Crippen molar-refractivity contribution in [3.8, 4) is 46.8 Å². The highest BCUT2D eigenvalue weighted by molar-refractivity contribution is 5.82. The molecule has 0 spiro atoms. The van der Waals surface area contributed by atoms with Gasteiger partial charge in [-0.1, -0.05) is 55.6 Å². The second-order valence-corrected chi connectivity index (χ2v) is 20.6. The molecule has 0 fully saturated rings. The van der Waals surface area contributed by atoms with Gasteiger partial charge >= 0.3 is 0 Å². The smallest absolute Gasteiger partial charge is 0.137 e. The molecule has 6 heteroatoms. The number of benzene rings is 3. The quantitative estimate of drug-likeness (QED) is 0.0377. The summed E-state index contributed by atoms with van der Waals surface area (Å²) in [5.74, 6) is 12.0. The van der Waals surface area contributed by atoms with Crippen molar-refractivity contribution in [2.45, 2.75) is 125 Å². The maximum absolute atomic E-state index is 6.56. The van der Waals surface area contributed by atoms with Gasteiger partial charge in [-0.25, -0.2) is 0 Å². The van der Waals surface area contributed by atoms with Gasteiger partial charge in [0.1, 0.15) is 37.8 Å². The third-order valence-electron chi connectivity index (χ3n) is 16.8. The number of hydrogen-bond donors (Lipinski definition) is 0. The van der Waals surface area contributed by atoms with Crippen LogP contribution in [0, 0.1) is 24.2 Å². The lowest BCUT2D eigenvalue weighted by atomic mass is 9.70. The number of unbranched alkanes of at least 4 members (excludes halogenated alkanes) is 6. The Morgan fingerprint density at radius 1 is 0.462 bits per heavy atom. The summed E-state index contributed by atoms with van der Waals surface area (Å²) in [5, 5.41) is 0. The largest absolute Gasteiger partial charge is 0.488 e. The Morgan fingerprint density at radius 2 is 0.892 bits per heavy atom. The number of terminal acetylenes is 1. The predicted molar refractivity (Wildman–Crippen MR) is 279 cm³/mol. The van der Waals surface area contributed by atoms with Crippen LogP contribution in [0.5, 0.6) is 11.5 Å². The van der Waals surface area contributed by atoms with Crippen molar-refractivity contribution in [3.05, 3.63) is 82.4 Å². The van der Waals surface area contributed by atoms with E-state index in [4.69, 9.17) is 15.9 Å². The van der Waals surface area contributed by atoms with Crippen molar-refractivity contribution in [2.24, 2.45) is 0 Å². The van der Waals surface area contributed by atoms with Crippen LogP contribution in [0.2, 0.25) is 0 Å². The summed E-state index contributed by atoms with van der Waals surface area (Å²) in [5.41, 5.74) is 8.38. The van der Waals surface area contributed by atoms with Crippen molar-refractivity contribution in [3.63, 3.8) is 0 Å². The molecule has 0 saturated carbocycles. The van der Waals surface area contributed by atoms with Gasteiger partial charge in [0.15, 0.2) is 0 Å². The highest BCUT2D eigenvalue weighted by Crippen LogP contribution is 2.54. The molecule has 0 atom stereocenters. The third kappa shape index (κ3) is 14.6. The normalized spacial score (nSPS) is 13.5. The van der Waals surface area contributed by atoms with Gasteiger partial charge < -0.3 is 27.4 Å². The number of fused-ring (bicyclic) bond motifs is 3. The fraction of sp³-hybridized carbons (Fsp3) is 0.627. The first-order chi connectivity index (χ1) is 31.2. The SMILES string of the molecule is C#Cc1ccc2c(c1)C(CCCCCC[N+](C)(CC)CC)(CCCCCC[N+](C)(CC)CC)c1cc(C#Cc3cc(OCC[N+](C)(CC)CC)ccc3OCC[N+](C)(CC)CC)ccc1-2. The Hall–Kier alpha value is -3.78. The van der Waals surface area contributed by atoms with Crippen LogP contribution in [0.4, 0.5) is 0 Å². The Labute approximate surface area is 400 Å². The number of likely N-dealkylation sites (N-methyl/N-ethyl adjacent to an activating group) is 2. The zero-order chi connectivity index (χ0) is 47.6. The molecular weight excluding hydrogens is 797 g/mol. The van der Waals surface area contributed by atoms with Crippen molar-refractivity contribution in [1.82, 2.24) is 0 Å². The lowest BCUT2D eigenvalue weighted by molar-refractivity contribution is -0.906. The minimum atomic E-state index is -0.0977. The van der Waals surface area contributed by atoms with E-state index >= 15 is 0 Å². The monoisotopic (exact) mass is 891 g/mol. The Balaban J connectivity index is 1.71. The fourth-order valence-corrected chi connectivity index (χ4v) is 9.76. The molecule has 358 valence electrons. The highest BCUT2D eigenvalue weighted by Gasteiger charge is 2.42. The molecule has 0 N–H and O–H groups in total. The van der Waals surface area contributed by atoms with Gasteiger partial charge in [-0.3, -0.25) is 0 Å². The summed E-state index contributed by atoms with van der Waals surface area (Å²) in [6.45, 7) is 33.2. The van der Waals surface area contributed by atoms with Crippen LogP contribution < -0.4 is 9.47 Å². The lowest BCUT2D eigenvalue weighted by Crippen LogP contribution is -2.46. The van der Waals surface area contributed by atoms with Crippen molar-refractivity contribution < 1.29 is 27.4 Å². The third-order valence-corrected chi connectivity index (χ3v) is 16.8. The van der Waals surface area contributed by atoms with Crippen LogP contribution in [-0.2, 0) is 5.41 Å². The highest BCUT2D eigenvalue weighted by atomic mass is 16.5. The molecule has 0 unspecified atom stereocenters. The van der Waals surface area contributed by atoms with Crippen molar-refractivity contribution >= 4 is 0 Å². The number of nitrogens with zero attached hydrogens (tertiary/aromatic N) is 4. The number of ether oxygens (including phenoxy) is 2. The first kappa shape index (κ1) is 53.8. The molecule has 0 amide bonds. The molecule has 0 radical (unpaired) electrons. The van der Waals surface area contributed by atoms with Gasteiger partial charge in [-0.2, -0.15) is 0 Å². The molecule has 65 heavy (non-hydrogen) atoms. The van der Waals surface area contributed by atoms with Crippen LogP contribution in [-0.4, -0.2) is 138 Å². The maximum Gasteiger partial charge on any atom is 0.137 e. The lowest BCUT2D eigenvalue weighted by Gasteiger charge is -2.34. The molecule has 3 aromatic carbocycles. The van der Waals surface area contributed by atoms with Gasteiger partial charge in [0, 0.05) is 16.5 Å². The summed E-state index contributed by atoms with van der Waals surface area (Å²) in [4.78, 5) is 0. The average Bonchev–Trinajstić information content (AvgIpc) is 3.60. The van der Waals surface area contributed by atoms with Crippen LogP contribution in [0.3, 0.4) is 0 Å². The summed E-state index contributed by atoms with van der Waals surface area (Å²) in [7, 11) is 9.44. The van der Waals surface area contributed by atoms with Crippen molar-refractivity contribution in [2.75, 3.05) is 120 Å². The molecule has 4 rings (SSSR count). The molecule has 0 heterocycles. The number of rotatable bonds is 30. The molecule has 1 aliphatic carbocycles. The van der Waals surface area contributed by atoms with E-state index in [0.29, 0.717) is 13.2 Å². The molecule has 3 aromatic rings. The van der Waals surface area contributed by atoms with E-state index in [1.807, 2.05) is 0 Å². The summed E-state index contributed by atoms with van der Waals surface area (Å²) < 4.78 is 17.3. The zero-order valence-corrected chi connectivity index (χ0v) is 43.8. The number of quaternary nitrogens is 4. The maximum atomic E-state index is 6.56. The number of hydrogen-bond acceptors (Lipinski definition) is 2. The minimum absolute atomic E-state index is 0.0977. The van der Waals surface area contributed by atoms with Gasteiger partial charge in [0.25, 0.3) is 0 Å². The van der Waals surface area contributed by atoms with E-state index < -0.39 is 0 Å². The van der Waals surface area contributed by atoms with Crippen LogP contribution in [0.15, 0.2) is 54.6 Å². The molecular formula is C59H94N4O2+4. The average molecular weight is 891 g/mol. The fourth-order valence-electron chi connectivity index (χ4n) is 9.76. The Kier molecular flexibility index (Phi) is 21.0. The predicted octanol–water partition coefficient (Wildman–Crippen LogP) is 11.9. The van der Waals surface area contributed by atoms with Crippen LogP contribution in [0.1, 0.15) is 147 Å². The summed E-state index contributed by atoms with van der Waals surface area (Å²) in [6.07, 6.45) is 18.4.